The Labute approximate surface area is 82.1 Å². The second-order valence-electron chi connectivity index (χ2n) is 2.21. The highest BCUT2D eigenvalue weighted by atomic mass is 32.1. The van der Waals surface area contributed by atoms with Crippen LogP contribution in [0.1, 0.15) is 13.8 Å². The predicted octanol–water partition coefficient (Wildman–Crippen LogP) is 2.57. The second kappa shape index (κ2) is 4.77. The van der Waals surface area contributed by atoms with Gasteiger partial charge in [0.15, 0.2) is 0 Å². The highest BCUT2D eigenvalue weighted by molar-refractivity contribution is 7.13. The summed E-state index contributed by atoms with van der Waals surface area (Å²) >= 11 is 1.60. The summed E-state index contributed by atoms with van der Waals surface area (Å²) in [6, 6.07) is 1.96. The van der Waals surface area contributed by atoms with E-state index in [1.165, 1.54) is 0 Å². The van der Waals surface area contributed by atoms with Crippen molar-refractivity contribution in [2.75, 3.05) is 0 Å². The summed E-state index contributed by atoms with van der Waals surface area (Å²) in [4.78, 5) is 4.14. The Hall–Kier alpha value is -1.16. The van der Waals surface area contributed by atoms with Gasteiger partial charge in [-0.3, -0.25) is 4.68 Å². The largest absolute Gasteiger partial charge is 0.275 e. The molecule has 0 saturated heterocycles. The van der Waals surface area contributed by atoms with Crippen molar-refractivity contribution >= 4 is 11.3 Å². The molecule has 13 heavy (non-hydrogen) atoms. The first-order valence-corrected chi connectivity index (χ1v) is 5.14. The fourth-order valence-electron chi connectivity index (χ4n) is 0.879. The van der Waals surface area contributed by atoms with E-state index in [0.29, 0.717) is 0 Å². The van der Waals surface area contributed by atoms with Crippen LogP contribution in [0.15, 0.2) is 23.8 Å². The molecule has 2 aromatic rings. The number of hydrogen-bond donors (Lipinski definition) is 0. The lowest BCUT2D eigenvalue weighted by atomic mass is 10.5. The Morgan fingerprint density at radius 3 is 2.62 bits per heavy atom. The zero-order valence-corrected chi connectivity index (χ0v) is 8.88. The van der Waals surface area contributed by atoms with Gasteiger partial charge in [-0.2, -0.15) is 5.10 Å². The van der Waals surface area contributed by atoms with Gasteiger partial charge in [0.1, 0.15) is 10.7 Å². The average molecular weight is 195 g/mol. The molecule has 0 atom stereocenters. The molecule has 0 radical (unpaired) electrons. The molecule has 4 heteroatoms. The smallest absolute Gasteiger partial charge is 0.143 e. The van der Waals surface area contributed by atoms with Crippen molar-refractivity contribution in [2.45, 2.75) is 13.8 Å². The van der Waals surface area contributed by atoms with Crippen LogP contribution in [0.2, 0.25) is 0 Å². The zero-order valence-electron chi connectivity index (χ0n) is 8.06. The molecule has 0 aromatic carbocycles. The molecule has 2 heterocycles. The van der Waals surface area contributed by atoms with E-state index in [0.717, 1.165) is 10.7 Å². The Morgan fingerprint density at radius 2 is 2.15 bits per heavy atom. The molecule has 0 N–H and O–H groups in total. The summed E-state index contributed by atoms with van der Waals surface area (Å²) in [6.45, 7) is 4.00. The Kier molecular flexibility index (Phi) is 3.64. The molecular weight excluding hydrogens is 182 g/mol. The Morgan fingerprint density at radius 1 is 1.38 bits per heavy atom. The molecule has 0 spiro atoms. The van der Waals surface area contributed by atoms with Crippen LogP contribution >= 0.6 is 11.3 Å². The van der Waals surface area contributed by atoms with Gasteiger partial charge in [-0.05, 0) is 6.07 Å². The van der Waals surface area contributed by atoms with Crippen molar-refractivity contribution in [3.63, 3.8) is 0 Å². The van der Waals surface area contributed by atoms with Crippen LogP contribution in [0, 0.1) is 0 Å². The summed E-state index contributed by atoms with van der Waals surface area (Å²) in [7, 11) is 1.90. The van der Waals surface area contributed by atoms with Crippen molar-refractivity contribution in [3.05, 3.63) is 23.8 Å². The number of hydrogen-bond acceptors (Lipinski definition) is 3. The van der Waals surface area contributed by atoms with Crippen LogP contribution in [0.3, 0.4) is 0 Å². The van der Waals surface area contributed by atoms with Gasteiger partial charge in [0.25, 0.3) is 0 Å². The molecule has 0 fully saturated rings. The average Bonchev–Trinajstić information content (AvgIpc) is 2.77. The molecule has 2 rings (SSSR count). The van der Waals surface area contributed by atoms with Gasteiger partial charge >= 0.3 is 0 Å². The highest BCUT2D eigenvalue weighted by Gasteiger charge is 2.01. The van der Waals surface area contributed by atoms with Crippen LogP contribution in [0.5, 0.6) is 0 Å². The van der Waals surface area contributed by atoms with Crippen LogP contribution in [-0.4, -0.2) is 14.8 Å². The zero-order chi connectivity index (χ0) is 9.68. The molecule has 0 unspecified atom stereocenters. The molecule has 2 aromatic heterocycles. The van der Waals surface area contributed by atoms with Crippen molar-refractivity contribution in [2.24, 2.45) is 7.05 Å². The van der Waals surface area contributed by atoms with Crippen LogP contribution in [-0.2, 0) is 7.05 Å². The van der Waals surface area contributed by atoms with Crippen LogP contribution in [0.4, 0.5) is 0 Å². The first-order chi connectivity index (χ1) is 6.36. The molecule has 0 aliphatic rings. The fourth-order valence-corrected chi connectivity index (χ4v) is 1.48. The molecule has 0 aliphatic carbocycles. The van der Waals surface area contributed by atoms with E-state index in [-0.39, 0.29) is 0 Å². The normalized spacial score (nSPS) is 9.15. The Bertz CT molecular complexity index is 337. The minimum atomic E-state index is 0.947. The molecular formula is C9H13N3S. The molecule has 70 valence electrons. The molecule has 0 aliphatic heterocycles. The highest BCUT2D eigenvalue weighted by Crippen LogP contribution is 2.18. The lowest BCUT2D eigenvalue weighted by molar-refractivity contribution is 0.770. The van der Waals surface area contributed by atoms with Crippen molar-refractivity contribution in [1.82, 2.24) is 14.8 Å². The third-order valence-electron chi connectivity index (χ3n) is 1.37. The van der Waals surface area contributed by atoms with Gasteiger partial charge in [-0.15, -0.1) is 11.3 Å². The van der Waals surface area contributed by atoms with E-state index in [1.54, 1.807) is 22.2 Å². The standard InChI is InChI=1S/C7H7N3S.C2H6/c1-10-4-2-6(9-10)7-8-3-5-11-7;1-2/h2-5H,1H3;1-2H3. The number of rotatable bonds is 1. The first-order valence-electron chi connectivity index (χ1n) is 4.26. The summed E-state index contributed by atoms with van der Waals surface area (Å²) in [5.74, 6) is 0. The van der Waals surface area contributed by atoms with Crippen LogP contribution < -0.4 is 0 Å². The number of aromatic nitrogens is 3. The lowest BCUT2D eigenvalue weighted by Gasteiger charge is -1.85. The summed E-state index contributed by atoms with van der Waals surface area (Å²) < 4.78 is 1.77. The monoisotopic (exact) mass is 195 g/mol. The van der Waals surface area contributed by atoms with Gasteiger partial charge in [-0.25, -0.2) is 4.98 Å². The number of aryl methyl sites for hydroxylation is 1. The lowest BCUT2D eigenvalue weighted by Crippen LogP contribution is -1.86. The van der Waals surface area contributed by atoms with Crippen molar-refractivity contribution < 1.29 is 0 Å². The SMILES string of the molecule is CC.Cn1ccc(-c2nccs2)n1. The van der Waals surface area contributed by atoms with Gasteiger partial charge in [0, 0.05) is 24.8 Å². The maximum absolute atomic E-state index is 4.22. The van der Waals surface area contributed by atoms with E-state index >= 15 is 0 Å². The van der Waals surface area contributed by atoms with Crippen LogP contribution in [0.25, 0.3) is 10.7 Å². The van der Waals surface area contributed by atoms with Gasteiger partial charge in [-0.1, -0.05) is 13.8 Å². The van der Waals surface area contributed by atoms with Gasteiger partial charge in [0.2, 0.25) is 0 Å². The van der Waals surface area contributed by atoms with E-state index in [1.807, 2.05) is 38.5 Å². The molecule has 0 saturated carbocycles. The minimum absolute atomic E-state index is 0.947. The quantitative estimate of drug-likeness (QED) is 0.700. The summed E-state index contributed by atoms with van der Waals surface area (Å²) in [5, 5.41) is 7.14. The second-order valence-corrected chi connectivity index (χ2v) is 3.11. The summed E-state index contributed by atoms with van der Waals surface area (Å²) in [6.07, 6.45) is 3.70. The third-order valence-corrected chi connectivity index (χ3v) is 2.16. The molecule has 0 amide bonds. The fraction of sp³-hybridized carbons (Fsp3) is 0.333. The van der Waals surface area contributed by atoms with E-state index in [9.17, 15) is 0 Å². The predicted molar refractivity (Wildman–Crippen MR) is 55.7 cm³/mol. The maximum Gasteiger partial charge on any atom is 0.143 e. The first kappa shape index (κ1) is 9.92. The van der Waals surface area contributed by atoms with E-state index in [2.05, 4.69) is 10.1 Å². The number of thiazole rings is 1. The van der Waals surface area contributed by atoms with E-state index < -0.39 is 0 Å². The maximum atomic E-state index is 4.22. The third kappa shape index (κ3) is 2.39. The number of nitrogens with zero attached hydrogens (tertiary/aromatic N) is 3. The molecule has 3 nitrogen and oxygen atoms in total. The minimum Gasteiger partial charge on any atom is -0.275 e. The van der Waals surface area contributed by atoms with Gasteiger partial charge in [0.05, 0.1) is 0 Å². The van der Waals surface area contributed by atoms with Crippen molar-refractivity contribution in [3.8, 4) is 10.7 Å². The van der Waals surface area contributed by atoms with Gasteiger partial charge < -0.3 is 0 Å². The van der Waals surface area contributed by atoms with Crippen molar-refractivity contribution in [1.29, 1.82) is 0 Å². The molecule has 0 bridgehead atoms. The van der Waals surface area contributed by atoms with E-state index in [4.69, 9.17) is 0 Å². The topological polar surface area (TPSA) is 30.7 Å². The summed E-state index contributed by atoms with van der Waals surface area (Å²) in [5.41, 5.74) is 0.947. The Balaban J connectivity index is 0.000000396.